The number of nitrogens with zero attached hydrogens (tertiary/aromatic N) is 2. The van der Waals surface area contributed by atoms with E-state index in [-0.39, 0.29) is 16.8 Å². The summed E-state index contributed by atoms with van der Waals surface area (Å²) in [6.45, 7) is 0.515. The van der Waals surface area contributed by atoms with Crippen LogP contribution in [0.1, 0.15) is 17.7 Å². The molecule has 0 bridgehead atoms. The summed E-state index contributed by atoms with van der Waals surface area (Å²) in [6, 6.07) is 8.23. The predicted molar refractivity (Wildman–Crippen MR) is 123 cm³/mol. The van der Waals surface area contributed by atoms with Gasteiger partial charge in [0, 0.05) is 29.5 Å². The van der Waals surface area contributed by atoms with Crippen LogP contribution in [0, 0.1) is 11.2 Å². The van der Waals surface area contributed by atoms with Crippen molar-refractivity contribution >= 4 is 38.7 Å². The maximum atomic E-state index is 14.3. The summed E-state index contributed by atoms with van der Waals surface area (Å²) in [5.74, 6) is -0.0613. The van der Waals surface area contributed by atoms with E-state index in [0.717, 1.165) is 24.8 Å². The average molecular weight is 495 g/mol. The number of rotatable bonds is 3. The molecular weight excluding hydrogens is 477 g/mol. The summed E-state index contributed by atoms with van der Waals surface area (Å²) >= 11 is 3.49. The average Bonchev–Trinajstić information content (AvgIpc) is 2.81. The monoisotopic (exact) mass is 494 g/mol. The van der Waals surface area contributed by atoms with Crippen molar-refractivity contribution in [3.05, 3.63) is 74.8 Å². The first-order valence-corrected chi connectivity index (χ1v) is 10.8. The van der Waals surface area contributed by atoms with Gasteiger partial charge in [0.1, 0.15) is 10.4 Å². The van der Waals surface area contributed by atoms with Gasteiger partial charge in [-0.25, -0.2) is 9.37 Å². The number of anilines is 1. The van der Waals surface area contributed by atoms with Gasteiger partial charge in [-0.1, -0.05) is 12.1 Å². The fourth-order valence-corrected chi connectivity index (χ4v) is 4.63. The number of H-pyrrole nitrogens is 1. The number of hydrogen-bond acceptors (Lipinski definition) is 5. The number of pyridine rings is 3. The van der Waals surface area contributed by atoms with E-state index < -0.39 is 5.82 Å². The van der Waals surface area contributed by atoms with Crippen LogP contribution in [-0.4, -0.2) is 22.8 Å². The Morgan fingerprint density at radius 1 is 1.28 bits per heavy atom. The van der Waals surface area contributed by atoms with Crippen molar-refractivity contribution in [2.75, 3.05) is 12.3 Å². The Kier molecular flexibility index (Phi) is 4.97. The number of hydrogen-bond donors (Lipinski definition) is 3. The fourth-order valence-electron chi connectivity index (χ4n) is 4.12. The van der Waals surface area contributed by atoms with Gasteiger partial charge in [-0.15, -0.1) is 0 Å². The van der Waals surface area contributed by atoms with Crippen LogP contribution in [0.25, 0.3) is 27.7 Å². The molecule has 0 aliphatic carbocycles. The normalized spacial score (nSPS) is 12.9. The molecule has 0 saturated carbocycles. The molecule has 160 valence electrons. The Labute approximate surface area is 190 Å². The summed E-state index contributed by atoms with van der Waals surface area (Å²) in [7, 11) is 0. The number of fused-ring (bicyclic) bond motifs is 3. The van der Waals surface area contributed by atoms with Gasteiger partial charge in [0.2, 0.25) is 0 Å². The van der Waals surface area contributed by atoms with Crippen LogP contribution in [0.15, 0.2) is 52.1 Å². The van der Waals surface area contributed by atoms with Crippen molar-refractivity contribution in [1.82, 2.24) is 9.97 Å². The van der Waals surface area contributed by atoms with Crippen LogP contribution in [0.4, 0.5) is 10.1 Å². The maximum absolute atomic E-state index is 14.3. The molecule has 1 aliphatic rings. The molecule has 4 heterocycles. The summed E-state index contributed by atoms with van der Waals surface area (Å²) in [5.41, 5.74) is 8.14. The zero-order valence-electron chi connectivity index (χ0n) is 16.8. The molecule has 7 nitrogen and oxygen atoms in total. The largest absolute Gasteiger partial charge is 0.491 e. The zero-order chi connectivity index (χ0) is 22.4. The van der Waals surface area contributed by atoms with Crippen LogP contribution < -0.4 is 20.6 Å². The standard InChI is InChI=1S/C23H17BrFN5O2/c24-22-19-17(21-15(28-22)5-4-10-32-21)16(12-6-7-14(25)18(27)13(12)11-26)20(23(31)29-19)30-8-2-1-3-9-30/h1-3,6-9,11H,4-5,10H2,(H3-,26,27,29,31)/p+1. The number of nitrogens with two attached hydrogens (primary N) is 1. The number of benzene rings is 1. The van der Waals surface area contributed by atoms with Crippen molar-refractivity contribution in [3.63, 3.8) is 0 Å². The number of halogens is 2. The SMILES string of the molecule is N=Cc1c(-c2c(-[n+]3ccccc3)c(=O)[nH]c3c(Br)nc4c(c23)OCCC4)ccc(F)c1N. The molecule has 0 fully saturated rings. The topological polar surface area (TPSA) is 109 Å². The van der Waals surface area contributed by atoms with E-state index in [9.17, 15) is 9.18 Å². The van der Waals surface area contributed by atoms with Crippen molar-refractivity contribution in [3.8, 4) is 22.6 Å². The van der Waals surface area contributed by atoms with Crippen LogP contribution in [0.3, 0.4) is 0 Å². The number of nitrogen functional groups attached to an aromatic ring is 1. The highest BCUT2D eigenvalue weighted by molar-refractivity contribution is 9.10. The molecular formula is C23H18BrFN5O2+. The Morgan fingerprint density at radius 2 is 2.06 bits per heavy atom. The van der Waals surface area contributed by atoms with Crippen molar-refractivity contribution in [2.45, 2.75) is 12.8 Å². The van der Waals surface area contributed by atoms with Crippen molar-refractivity contribution < 1.29 is 13.7 Å². The molecule has 0 radical (unpaired) electrons. The first kappa shape index (κ1) is 20.3. The highest BCUT2D eigenvalue weighted by atomic mass is 79.9. The Balaban J connectivity index is 2.05. The van der Waals surface area contributed by atoms with Gasteiger partial charge in [-0.3, -0.25) is 4.79 Å². The third kappa shape index (κ3) is 3.08. The molecule has 3 aromatic heterocycles. The molecule has 4 N–H and O–H groups in total. The minimum atomic E-state index is -0.628. The Hall–Kier alpha value is -3.59. The molecule has 1 aromatic carbocycles. The van der Waals surface area contributed by atoms with Crippen LogP contribution >= 0.6 is 15.9 Å². The number of ether oxygens (including phenoxy) is 1. The number of aryl methyl sites for hydroxylation is 1. The number of nitrogens with one attached hydrogen (secondary N) is 2. The van der Waals surface area contributed by atoms with Crippen LogP contribution in [0.2, 0.25) is 0 Å². The lowest BCUT2D eigenvalue weighted by Crippen LogP contribution is -2.37. The second-order valence-corrected chi connectivity index (χ2v) is 8.16. The lowest BCUT2D eigenvalue weighted by molar-refractivity contribution is -0.596. The molecule has 0 atom stereocenters. The highest BCUT2D eigenvalue weighted by Gasteiger charge is 2.30. The lowest BCUT2D eigenvalue weighted by Gasteiger charge is -2.21. The smallest absolute Gasteiger partial charge is 0.321 e. The van der Waals surface area contributed by atoms with Gasteiger partial charge in [0.05, 0.1) is 34.5 Å². The summed E-state index contributed by atoms with van der Waals surface area (Å²) in [6.07, 6.45) is 6.05. The maximum Gasteiger partial charge on any atom is 0.321 e. The van der Waals surface area contributed by atoms with Gasteiger partial charge >= 0.3 is 5.56 Å². The second-order valence-electron chi connectivity index (χ2n) is 7.41. The zero-order valence-corrected chi connectivity index (χ0v) is 18.4. The molecule has 4 aromatic rings. The minimum Gasteiger partial charge on any atom is -0.491 e. The molecule has 32 heavy (non-hydrogen) atoms. The van der Waals surface area contributed by atoms with Crippen LogP contribution in [0.5, 0.6) is 5.75 Å². The fraction of sp³-hybridized carbons (Fsp3) is 0.130. The summed E-state index contributed by atoms with van der Waals surface area (Å²) < 4.78 is 22.5. The number of aromatic nitrogens is 3. The molecule has 0 spiro atoms. The summed E-state index contributed by atoms with van der Waals surface area (Å²) in [5, 5.41) is 8.55. The van der Waals surface area contributed by atoms with E-state index in [1.54, 1.807) is 29.1 Å². The van der Waals surface area contributed by atoms with Gasteiger partial charge < -0.3 is 20.9 Å². The summed E-state index contributed by atoms with van der Waals surface area (Å²) in [4.78, 5) is 20.9. The van der Waals surface area contributed by atoms with Gasteiger partial charge in [0.25, 0.3) is 5.69 Å². The van der Waals surface area contributed by atoms with E-state index >= 15 is 0 Å². The van der Waals surface area contributed by atoms with Gasteiger partial charge in [-0.05, 0) is 34.8 Å². The second kappa shape index (κ2) is 7.83. The predicted octanol–water partition coefficient (Wildman–Crippen LogP) is 3.67. The molecule has 0 saturated heterocycles. The first-order chi connectivity index (χ1) is 15.5. The minimum absolute atomic E-state index is 0.155. The molecule has 9 heteroatoms. The third-order valence-electron chi connectivity index (χ3n) is 5.54. The van der Waals surface area contributed by atoms with Crippen molar-refractivity contribution in [1.29, 1.82) is 5.41 Å². The quantitative estimate of drug-likeness (QED) is 0.174. The van der Waals surface area contributed by atoms with Gasteiger partial charge in [0.15, 0.2) is 18.1 Å². The van der Waals surface area contributed by atoms with E-state index in [1.165, 1.54) is 12.1 Å². The molecule has 5 rings (SSSR count). The molecule has 0 unspecified atom stereocenters. The first-order valence-electron chi connectivity index (χ1n) is 9.98. The van der Waals surface area contributed by atoms with Crippen LogP contribution in [-0.2, 0) is 6.42 Å². The number of aromatic amines is 1. The lowest BCUT2D eigenvalue weighted by atomic mass is 9.93. The third-order valence-corrected chi connectivity index (χ3v) is 6.12. The van der Waals surface area contributed by atoms with E-state index in [2.05, 4.69) is 25.9 Å². The van der Waals surface area contributed by atoms with E-state index in [4.69, 9.17) is 15.9 Å². The van der Waals surface area contributed by atoms with E-state index in [0.29, 0.717) is 44.7 Å². The molecule has 0 amide bonds. The Morgan fingerprint density at radius 3 is 2.81 bits per heavy atom. The van der Waals surface area contributed by atoms with Gasteiger partial charge in [-0.2, -0.15) is 4.57 Å². The van der Waals surface area contributed by atoms with Crippen molar-refractivity contribution in [2.24, 2.45) is 0 Å². The highest BCUT2D eigenvalue weighted by Crippen LogP contribution is 2.43. The molecule has 1 aliphatic heterocycles. The van der Waals surface area contributed by atoms with E-state index in [1.807, 2.05) is 6.07 Å². The Bertz CT molecular complexity index is 1450.